The van der Waals surface area contributed by atoms with Gasteiger partial charge in [-0.05, 0) is 75.9 Å². The van der Waals surface area contributed by atoms with Crippen LogP contribution in [0.15, 0.2) is 78.9 Å². The number of hydrogen-bond donors (Lipinski definition) is 2. The lowest BCUT2D eigenvalue weighted by molar-refractivity contribution is -0.384. The SMILES string of the molecule is CC(C)(C)OC(=O)CNc1cccc(C(=O)NCC2CCN(C(c3ccccc3)c3ccccc3)CC2)c1[N+](=O)[O-]. The Balaban J connectivity index is 1.37. The molecule has 1 amide bonds. The van der Waals surface area contributed by atoms with Crippen molar-refractivity contribution in [2.24, 2.45) is 5.92 Å². The molecule has 3 aromatic carbocycles. The number of benzene rings is 3. The maximum absolute atomic E-state index is 13.1. The monoisotopic (exact) mass is 558 g/mol. The molecule has 0 aromatic heterocycles. The number of likely N-dealkylation sites (tertiary alicyclic amines) is 1. The van der Waals surface area contributed by atoms with Gasteiger partial charge in [-0.1, -0.05) is 66.7 Å². The van der Waals surface area contributed by atoms with Gasteiger partial charge in [0.1, 0.15) is 23.4 Å². The minimum absolute atomic E-state index is 0.0464. The molecule has 0 aliphatic carbocycles. The largest absolute Gasteiger partial charge is 0.459 e. The van der Waals surface area contributed by atoms with Crippen molar-refractivity contribution in [1.82, 2.24) is 10.2 Å². The minimum atomic E-state index is -0.674. The lowest BCUT2D eigenvalue weighted by atomic mass is 9.91. The molecule has 1 fully saturated rings. The summed E-state index contributed by atoms with van der Waals surface area (Å²) < 4.78 is 5.26. The molecule has 9 nitrogen and oxygen atoms in total. The van der Waals surface area contributed by atoms with E-state index in [1.54, 1.807) is 26.8 Å². The van der Waals surface area contributed by atoms with Crippen molar-refractivity contribution in [3.63, 3.8) is 0 Å². The second-order valence-corrected chi connectivity index (χ2v) is 11.3. The highest BCUT2D eigenvalue weighted by Crippen LogP contribution is 2.33. The lowest BCUT2D eigenvalue weighted by Crippen LogP contribution is -2.40. The molecule has 0 radical (unpaired) electrons. The molecule has 1 saturated heterocycles. The van der Waals surface area contributed by atoms with Crippen molar-refractivity contribution < 1.29 is 19.2 Å². The topological polar surface area (TPSA) is 114 Å². The summed E-state index contributed by atoms with van der Waals surface area (Å²) in [5, 5.41) is 17.6. The molecule has 1 aliphatic rings. The number of nitro benzene ring substituents is 1. The van der Waals surface area contributed by atoms with E-state index in [4.69, 9.17) is 4.74 Å². The first-order valence-corrected chi connectivity index (χ1v) is 14.0. The number of carbonyl (C=O) groups is 2. The molecule has 9 heteroatoms. The van der Waals surface area contributed by atoms with Gasteiger partial charge in [-0.25, -0.2) is 0 Å². The average molecular weight is 559 g/mol. The van der Waals surface area contributed by atoms with Crippen LogP contribution < -0.4 is 10.6 Å². The van der Waals surface area contributed by atoms with Crippen LogP contribution >= 0.6 is 0 Å². The third kappa shape index (κ3) is 8.14. The number of rotatable bonds is 10. The summed E-state index contributed by atoms with van der Waals surface area (Å²) >= 11 is 0. The Morgan fingerprint density at radius 3 is 2.07 bits per heavy atom. The average Bonchev–Trinajstić information content (AvgIpc) is 2.95. The van der Waals surface area contributed by atoms with Crippen LogP contribution in [0.5, 0.6) is 0 Å². The molecule has 41 heavy (non-hydrogen) atoms. The van der Waals surface area contributed by atoms with Gasteiger partial charge in [0, 0.05) is 6.54 Å². The number of nitrogens with one attached hydrogen (secondary N) is 2. The lowest BCUT2D eigenvalue weighted by Gasteiger charge is -2.38. The Hall–Kier alpha value is -4.24. The molecule has 0 unspecified atom stereocenters. The van der Waals surface area contributed by atoms with E-state index < -0.39 is 22.4 Å². The van der Waals surface area contributed by atoms with Crippen LogP contribution in [0.25, 0.3) is 0 Å². The van der Waals surface area contributed by atoms with Crippen molar-refractivity contribution in [3.05, 3.63) is 106 Å². The highest BCUT2D eigenvalue weighted by atomic mass is 16.6. The molecular weight excluding hydrogens is 520 g/mol. The number of para-hydroxylation sites is 1. The summed E-state index contributed by atoms with van der Waals surface area (Å²) in [6.07, 6.45) is 1.80. The summed E-state index contributed by atoms with van der Waals surface area (Å²) in [5.74, 6) is -0.795. The van der Waals surface area contributed by atoms with Crippen LogP contribution in [-0.2, 0) is 9.53 Å². The second-order valence-electron chi connectivity index (χ2n) is 11.3. The molecule has 4 rings (SSSR count). The van der Waals surface area contributed by atoms with Crippen LogP contribution in [-0.4, -0.2) is 53.5 Å². The van der Waals surface area contributed by atoms with E-state index in [1.807, 2.05) is 12.1 Å². The summed E-state index contributed by atoms with van der Waals surface area (Å²) in [4.78, 5) is 39.0. The first-order chi connectivity index (χ1) is 19.6. The van der Waals surface area contributed by atoms with Gasteiger partial charge in [0.2, 0.25) is 0 Å². The van der Waals surface area contributed by atoms with Gasteiger partial charge in [-0.3, -0.25) is 24.6 Å². The third-order valence-electron chi connectivity index (χ3n) is 7.10. The van der Waals surface area contributed by atoms with Gasteiger partial charge >= 0.3 is 11.7 Å². The zero-order valence-electron chi connectivity index (χ0n) is 23.8. The zero-order chi connectivity index (χ0) is 29.4. The highest BCUT2D eigenvalue weighted by Gasteiger charge is 2.29. The fraction of sp³-hybridized carbons (Fsp3) is 0.375. The Kier molecular flexibility index (Phi) is 9.73. The fourth-order valence-corrected chi connectivity index (χ4v) is 5.24. The number of ether oxygens (including phenoxy) is 1. The number of piperidine rings is 1. The number of amides is 1. The standard InChI is InChI=1S/C32H38N4O5/c1-32(2,3)41-28(37)22-33-27-16-10-15-26(30(27)36(39)40)31(38)34-21-23-17-19-35(20-18-23)29(24-11-6-4-7-12-24)25-13-8-5-9-14-25/h4-16,23,29,33H,17-22H2,1-3H3,(H,34,38). The molecule has 1 heterocycles. The van der Waals surface area contributed by atoms with E-state index in [1.165, 1.54) is 23.3 Å². The second kappa shape index (κ2) is 13.4. The van der Waals surface area contributed by atoms with Crippen molar-refractivity contribution >= 4 is 23.3 Å². The summed E-state index contributed by atoms with van der Waals surface area (Å²) in [7, 11) is 0. The van der Waals surface area contributed by atoms with Gasteiger partial charge in [0.05, 0.1) is 11.0 Å². The van der Waals surface area contributed by atoms with Crippen LogP contribution in [0.4, 0.5) is 11.4 Å². The zero-order valence-corrected chi connectivity index (χ0v) is 23.8. The molecular formula is C32H38N4O5. The predicted molar refractivity (Wildman–Crippen MR) is 159 cm³/mol. The Labute approximate surface area is 241 Å². The van der Waals surface area contributed by atoms with Crippen LogP contribution in [0, 0.1) is 16.0 Å². The molecule has 3 aromatic rings. The number of hydrogen-bond acceptors (Lipinski definition) is 7. The molecule has 0 atom stereocenters. The Morgan fingerprint density at radius 1 is 0.951 bits per heavy atom. The first-order valence-electron chi connectivity index (χ1n) is 14.0. The van der Waals surface area contributed by atoms with Gasteiger partial charge in [-0.15, -0.1) is 0 Å². The quantitative estimate of drug-likeness (QED) is 0.190. The summed E-state index contributed by atoms with van der Waals surface area (Å²) in [6, 6.07) is 25.6. The van der Waals surface area contributed by atoms with Gasteiger partial charge in [0.25, 0.3) is 5.91 Å². The van der Waals surface area contributed by atoms with Crippen molar-refractivity contribution in [2.45, 2.75) is 45.3 Å². The van der Waals surface area contributed by atoms with E-state index in [9.17, 15) is 19.7 Å². The van der Waals surface area contributed by atoms with Crippen molar-refractivity contribution in [1.29, 1.82) is 0 Å². The Morgan fingerprint density at radius 2 is 1.54 bits per heavy atom. The molecule has 216 valence electrons. The maximum atomic E-state index is 13.1. The molecule has 0 saturated carbocycles. The van der Waals surface area contributed by atoms with Crippen LogP contribution in [0.3, 0.4) is 0 Å². The van der Waals surface area contributed by atoms with E-state index >= 15 is 0 Å². The molecule has 1 aliphatic heterocycles. The van der Waals surface area contributed by atoms with Crippen LogP contribution in [0.2, 0.25) is 0 Å². The van der Waals surface area contributed by atoms with E-state index in [0.717, 1.165) is 25.9 Å². The first kappa shape index (κ1) is 29.7. The number of carbonyl (C=O) groups excluding carboxylic acids is 2. The van der Waals surface area contributed by atoms with Gasteiger partial charge < -0.3 is 15.4 Å². The normalized spacial score (nSPS) is 14.4. The smallest absolute Gasteiger partial charge is 0.325 e. The van der Waals surface area contributed by atoms with Crippen molar-refractivity contribution in [2.75, 3.05) is 31.5 Å². The molecule has 2 N–H and O–H groups in total. The molecule has 0 spiro atoms. The predicted octanol–water partition coefficient (Wildman–Crippen LogP) is 5.58. The van der Waals surface area contributed by atoms with E-state index in [2.05, 4.69) is 64.1 Å². The summed E-state index contributed by atoms with van der Waals surface area (Å²) in [5.41, 5.74) is 1.50. The van der Waals surface area contributed by atoms with Crippen molar-refractivity contribution in [3.8, 4) is 0 Å². The van der Waals surface area contributed by atoms with Gasteiger partial charge in [0.15, 0.2) is 0 Å². The number of nitro groups is 1. The molecule has 0 bridgehead atoms. The third-order valence-corrected chi connectivity index (χ3v) is 7.10. The Bertz CT molecular complexity index is 1290. The van der Waals surface area contributed by atoms with Gasteiger partial charge in [-0.2, -0.15) is 0 Å². The number of esters is 1. The number of nitrogens with zero attached hydrogens (tertiary/aromatic N) is 2. The minimum Gasteiger partial charge on any atom is -0.459 e. The number of anilines is 1. The fourth-order valence-electron chi connectivity index (χ4n) is 5.24. The maximum Gasteiger partial charge on any atom is 0.325 e. The van der Waals surface area contributed by atoms with E-state index in [-0.39, 0.29) is 35.4 Å². The van der Waals surface area contributed by atoms with E-state index in [0.29, 0.717) is 6.54 Å². The highest BCUT2D eigenvalue weighted by molar-refractivity contribution is 6.00. The summed E-state index contributed by atoms with van der Waals surface area (Å²) in [6.45, 7) is 7.15. The van der Waals surface area contributed by atoms with Crippen LogP contribution in [0.1, 0.15) is 61.1 Å².